The molecule has 1 aromatic heterocycles. The highest BCUT2D eigenvalue weighted by Gasteiger charge is 2.34. The van der Waals surface area contributed by atoms with Gasteiger partial charge in [-0.15, -0.1) is 0 Å². The second-order valence-corrected chi connectivity index (χ2v) is 11.3. The molecule has 216 valence electrons. The molecule has 6 rings (SSSR count). The Morgan fingerprint density at radius 2 is 1.76 bits per heavy atom. The van der Waals surface area contributed by atoms with Crippen molar-refractivity contribution < 1.29 is 19.0 Å². The molecule has 0 aliphatic carbocycles. The summed E-state index contributed by atoms with van der Waals surface area (Å²) in [5, 5.41) is 0. The largest absolute Gasteiger partial charge is 0.493 e. The predicted octanol–water partition coefficient (Wildman–Crippen LogP) is 6.37. The van der Waals surface area contributed by atoms with Crippen LogP contribution in [0.1, 0.15) is 57.0 Å². The minimum absolute atomic E-state index is 0.154. The minimum atomic E-state index is -0.191. The zero-order valence-electron chi connectivity index (χ0n) is 24.7. The van der Waals surface area contributed by atoms with Gasteiger partial charge >= 0.3 is 0 Å². The molecule has 0 spiro atoms. The molecule has 0 N–H and O–H groups in total. The number of benzene rings is 3. The van der Waals surface area contributed by atoms with Gasteiger partial charge < -0.3 is 19.1 Å². The van der Waals surface area contributed by atoms with Gasteiger partial charge in [0.1, 0.15) is 5.75 Å². The van der Waals surface area contributed by atoms with E-state index in [4.69, 9.17) is 14.2 Å². The van der Waals surface area contributed by atoms with Crippen LogP contribution in [0.15, 0.2) is 73.1 Å². The van der Waals surface area contributed by atoms with Gasteiger partial charge in [-0.05, 0) is 96.0 Å². The lowest BCUT2D eigenvalue weighted by Gasteiger charge is -2.39. The van der Waals surface area contributed by atoms with Gasteiger partial charge in [0.25, 0.3) is 0 Å². The van der Waals surface area contributed by atoms with E-state index in [1.165, 1.54) is 27.8 Å². The Morgan fingerprint density at radius 1 is 0.905 bits per heavy atom. The summed E-state index contributed by atoms with van der Waals surface area (Å²) in [5.74, 6) is 2.59. The summed E-state index contributed by atoms with van der Waals surface area (Å²) in [5.41, 5.74) is 9.46. The van der Waals surface area contributed by atoms with Crippen molar-refractivity contribution in [3.8, 4) is 17.2 Å². The Balaban J connectivity index is 1.28. The van der Waals surface area contributed by atoms with Gasteiger partial charge in [-0.25, -0.2) is 0 Å². The molecule has 0 saturated carbocycles. The number of ether oxygens (including phenoxy) is 3. The molecule has 6 nitrogen and oxygen atoms in total. The molecule has 4 aromatic rings. The van der Waals surface area contributed by atoms with Gasteiger partial charge in [0.2, 0.25) is 5.91 Å². The summed E-state index contributed by atoms with van der Waals surface area (Å²) in [4.78, 5) is 20.0. The smallest absolute Gasteiger partial charge is 0.223 e. The normalized spacial score (nSPS) is 15.5. The van der Waals surface area contributed by atoms with Crippen LogP contribution in [0.4, 0.5) is 0 Å². The van der Waals surface area contributed by atoms with E-state index in [0.29, 0.717) is 31.7 Å². The molecule has 1 unspecified atom stereocenters. The number of hydrogen-bond donors (Lipinski definition) is 0. The molecule has 3 heterocycles. The number of amides is 1. The first-order valence-electron chi connectivity index (χ1n) is 14.8. The van der Waals surface area contributed by atoms with E-state index >= 15 is 0 Å². The first kappa shape index (κ1) is 27.8. The maximum atomic E-state index is 13.8. The maximum absolute atomic E-state index is 13.8. The van der Waals surface area contributed by atoms with Crippen molar-refractivity contribution in [1.29, 1.82) is 0 Å². The Labute approximate surface area is 248 Å². The second-order valence-electron chi connectivity index (χ2n) is 11.3. The predicted molar refractivity (Wildman–Crippen MR) is 164 cm³/mol. The quantitative estimate of drug-likeness (QED) is 0.237. The fourth-order valence-corrected chi connectivity index (χ4v) is 6.25. The standard InChI is InChI=1S/C36H38N2O4/c1-24-4-7-30(25(2)20-24)36-31-23-34(42-18-13-27-5-8-32-29(21-27)14-19-41-32)33(40-3)22-28(31)12-17-38(36)35(39)9-6-26-10-15-37-16-11-26/h4-5,7-8,10-11,15-16,20-23,36H,6,9,12-14,17-19H2,1-3H3. The number of methoxy groups -OCH3 is 1. The van der Waals surface area contributed by atoms with Gasteiger partial charge in [-0.1, -0.05) is 35.9 Å². The van der Waals surface area contributed by atoms with Crippen molar-refractivity contribution in [1.82, 2.24) is 9.88 Å². The van der Waals surface area contributed by atoms with E-state index in [9.17, 15) is 4.79 Å². The Hall–Kier alpha value is -4.32. The molecular formula is C36H38N2O4. The van der Waals surface area contributed by atoms with E-state index in [-0.39, 0.29) is 11.9 Å². The lowest BCUT2D eigenvalue weighted by Crippen LogP contribution is -2.41. The van der Waals surface area contributed by atoms with Gasteiger partial charge in [-0.3, -0.25) is 9.78 Å². The molecule has 2 aliphatic heterocycles. The highest BCUT2D eigenvalue weighted by atomic mass is 16.5. The van der Waals surface area contributed by atoms with Crippen LogP contribution in [-0.4, -0.2) is 42.7 Å². The number of carbonyl (C=O) groups excluding carboxylic acids is 1. The lowest BCUT2D eigenvalue weighted by atomic mass is 9.85. The minimum Gasteiger partial charge on any atom is -0.493 e. The van der Waals surface area contributed by atoms with Crippen LogP contribution in [0.2, 0.25) is 0 Å². The molecule has 0 saturated heterocycles. The summed E-state index contributed by atoms with van der Waals surface area (Å²) in [6, 6.07) is 20.9. The lowest BCUT2D eigenvalue weighted by molar-refractivity contribution is -0.133. The molecule has 3 aromatic carbocycles. The van der Waals surface area contributed by atoms with Crippen LogP contribution in [0.5, 0.6) is 17.2 Å². The van der Waals surface area contributed by atoms with Crippen LogP contribution in [-0.2, 0) is 30.5 Å². The van der Waals surface area contributed by atoms with Gasteiger partial charge in [-0.2, -0.15) is 0 Å². The summed E-state index contributed by atoms with van der Waals surface area (Å²) < 4.78 is 17.8. The molecule has 42 heavy (non-hydrogen) atoms. The third-order valence-corrected chi connectivity index (χ3v) is 8.47. The van der Waals surface area contributed by atoms with E-state index < -0.39 is 0 Å². The highest BCUT2D eigenvalue weighted by Crippen LogP contribution is 2.42. The number of fused-ring (bicyclic) bond motifs is 2. The van der Waals surface area contributed by atoms with E-state index in [1.807, 2.05) is 12.1 Å². The van der Waals surface area contributed by atoms with Gasteiger partial charge in [0.05, 0.1) is 26.4 Å². The van der Waals surface area contributed by atoms with Crippen molar-refractivity contribution in [2.45, 2.75) is 52.0 Å². The molecule has 0 fully saturated rings. The van der Waals surface area contributed by atoms with Crippen LogP contribution >= 0.6 is 0 Å². The number of hydrogen-bond acceptors (Lipinski definition) is 5. The third-order valence-electron chi connectivity index (χ3n) is 8.47. The third kappa shape index (κ3) is 5.85. The van der Waals surface area contributed by atoms with Crippen LogP contribution < -0.4 is 14.2 Å². The number of nitrogens with zero attached hydrogens (tertiary/aromatic N) is 2. The van der Waals surface area contributed by atoms with Crippen LogP contribution in [0.3, 0.4) is 0 Å². The van der Waals surface area contributed by atoms with E-state index in [1.54, 1.807) is 19.5 Å². The average Bonchev–Trinajstić information content (AvgIpc) is 3.48. The summed E-state index contributed by atoms with van der Waals surface area (Å²) in [6.07, 6.45) is 7.22. The topological polar surface area (TPSA) is 60.9 Å². The Morgan fingerprint density at radius 3 is 2.57 bits per heavy atom. The fourth-order valence-electron chi connectivity index (χ4n) is 6.25. The molecule has 1 amide bonds. The zero-order chi connectivity index (χ0) is 29.1. The number of pyridine rings is 1. The van der Waals surface area contributed by atoms with E-state index in [2.05, 4.69) is 72.3 Å². The van der Waals surface area contributed by atoms with Gasteiger partial charge in [0, 0.05) is 38.2 Å². The molecule has 0 radical (unpaired) electrons. The maximum Gasteiger partial charge on any atom is 0.223 e. The number of rotatable bonds is 9. The van der Waals surface area contributed by atoms with Gasteiger partial charge in [0.15, 0.2) is 11.5 Å². The highest BCUT2D eigenvalue weighted by molar-refractivity contribution is 5.78. The monoisotopic (exact) mass is 562 g/mol. The summed E-state index contributed by atoms with van der Waals surface area (Å²) in [6.45, 7) is 6.18. The fraction of sp³-hybridized carbons (Fsp3) is 0.333. The molecular weight excluding hydrogens is 524 g/mol. The SMILES string of the molecule is COc1cc2c(cc1OCCc1ccc3c(c1)CCO3)C(c1ccc(C)cc1C)N(C(=O)CCc1ccncc1)CC2. The van der Waals surface area contributed by atoms with Crippen molar-refractivity contribution >= 4 is 5.91 Å². The van der Waals surface area contributed by atoms with E-state index in [0.717, 1.165) is 54.1 Å². The molecule has 1 atom stereocenters. The number of aromatic nitrogens is 1. The first-order chi connectivity index (χ1) is 20.5. The average molecular weight is 563 g/mol. The summed E-state index contributed by atoms with van der Waals surface area (Å²) in [7, 11) is 1.69. The zero-order valence-corrected chi connectivity index (χ0v) is 24.7. The first-order valence-corrected chi connectivity index (χ1v) is 14.8. The van der Waals surface area contributed by atoms with Crippen LogP contribution in [0.25, 0.3) is 0 Å². The van der Waals surface area contributed by atoms with Crippen LogP contribution in [0, 0.1) is 13.8 Å². The molecule has 6 heteroatoms. The second kappa shape index (κ2) is 12.3. The molecule has 0 bridgehead atoms. The molecule has 2 aliphatic rings. The Bertz CT molecular complexity index is 1580. The number of aryl methyl sites for hydroxylation is 3. The van der Waals surface area contributed by atoms with Crippen molar-refractivity contribution in [2.24, 2.45) is 0 Å². The number of carbonyl (C=O) groups is 1. The van der Waals surface area contributed by atoms with Crippen molar-refractivity contribution in [3.63, 3.8) is 0 Å². The Kier molecular flexibility index (Phi) is 8.13. The van der Waals surface area contributed by atoms with Crippen molar-refractivity contribution in [2.75, 3.05) is 26.9 Å². The van der Waals surface area contributed by atoms with Crippen molar-refractivity contribution in [3.05, 3.63) is 118 Å². The summed E-state index contributed by atoms with van der Waals surface area (Å²) >= 11 is 0.